The van der Waals surface area contributed by atoms with E-state index < -0.39 is 0 Å². The lowest BCUT2D eigenvalue weighted by Crippen LogP contribution is -2.58. The highest BCUT2D eigenvalue weighted by Crippen LogP contribution is 2.64. The Labute approximate surface area is 117 Å². The summed E-state index contributed by atoms with van der Waals surface area (Å²) < 4.78 is 0. The minimum absolute atomic E-state index is 0.0184. The van der Waals surface area contributed by atoms with E-state index in [-0.39, 0.29) is 16.9 Å². The first kappa shape index (κ1) is 12.3. The molecule has 0 radical (unpaired) electrons. The van der Waals surface area contributed by atoms with Gasteiger partial charge in [0.05, 0.1) is 5.54 Å². The van der Waals surface area contributed by atoms with Gasteiger partial charge in [-0.15, -0.1) is 10.2 Å². The smallest absolute Gasteiger partial charge is 0.234 e. The van der Waals surface area contributed by atoms with Crippen molar-refractivity contribution < 1.29 is 4.79 Å². The number of nitrogens with one attached hydrogen (secondary N) is 1. The lowest BCUT2D eigenvalue weighted by atomic mass is 9.46. The van der Waals surface area contributed by atoms with Crippen molar-refractivity contribution in [3.63, 3.8) is 0 Å². The van der Waals surface area contributed by atoms with E-state index in [9.17, 15) is 4.79 Å². The van der Waals surface area contributed by atoms with E-state index in [1.165, 1.54) is 12.7 Å². The zero-order valence-electron chi connectivity index (χ0n) is 11.5. The van der Waals surface area contributed by atoms with E-state index >= 15 is 0 Å². The molecule has 7 heteroatoms. The molecule has 0 unspecified atom stereocenters. The number of hydrogen-bond acceptors (Lipinski definition) is 5. The van der Waals surface area contributed by atoms with E-state index in [1.54, 1.807) is 0 Å². The molecule has 0 saturated heterocycles. The van der Waals surface area contributed by atoms with Crippen LogP contribution in [0.1, 0.15) is 44.9 Å². The summed E-state index contributed by atoms with van der Waals surface area (Å²) in [5.41, 5.74) is 2.36. The first-order chi connectivity index (χ1) is 9.63. The van der Waals surface area contributed by atoms with E-state index in [4.69, 9.17) is 5.84 Å². The molecule has 108 valence electrons. The summed E-state index contributed by atoms with van der Waals surface area (Å²) in [6.45, 7) is 0. The van der Waals surface area contributed by atoms with Gasteiger partial charge in [-0.25, -0.2) is 5.84 Å². The number of hydrogen-bond donors (Lipinski definition) is 2. The summed E-state index contributed by atoms with van der Waals surface area (Å²) in [7, 11) is 0. The number of nitrogens with two attached hydrogens (primary N) is 1. The number of amides is 1. The highest BCUT2D eigenvalue weighted by molar-refractivity contribution is 5.76. The van der Waals surface area contributed by atoms with Gasteiger partial charge in [0.2, 0.25) is 5.91 Å². The van der Waals surface area contributed by atoms with Gasteiger partial charge in [-0.05, 0) is 61.0 Å². The molecule has 4 aliphatic rings. The number of carbonyl (C=O) groups excluding carboxylic acids is 1. The van der Waals surface area contributed by atoms with Crippen molar-refractivity contribution in [3.05, 3.63) is 6.33 Å². The predicted molar refractivity (Wildman–Crippen MR) is 69.9 cm³/mol. The molecule has 1 heterocycles. The second-order valence-electron chi connectivity index (χ2n) is 7.15. The number of rotatable bonds is 3. The molecule has 4 aliphatic carbocycles. The molecule has 4 bridgehead atoms. The molecule has 1 aromatic heterocycles. The van der Waals surface area contributed by atoms with Gasteiger partial charge in [-0.3, -0.25) is 10.2 Å². The second kappa shape index (κ2) is 4.00. The van der Waals surface area contributed by atoms with Crippen molar-refractivity contribution in [1.29, 1.82) is 0 Å². The first-order valence-corrected chi connectivity index (χ1v) is 7.36. The Kier molecular flexibility index (Phi) is 2.45. The zero-order chi connectivity index (χ0) is 13.8. The molecule has 4 saturated carbocycles. The Hall–Kier alpha value is -1.50. The lowest BCUT2D eigenvalue weighted by molar-refractivity contribution is -0.139. The lowest BCUT2D eigenvalue weighted by Gasteiger charge is -2.61. The molecule has 0 aromatic carbocycles. The van der Waals surface area contributed by atoms with Crippen molar-refractivity contribution in [3.8, 4) is 0 Å². The molecular weight excluding hydrogens is 256 g/mol. The first-order valence-electron chi connectivity index (χ1n) is 7.36. The van der Waals surface area contributed by atoms with Crippen LogP contribution in [0.4, 0.5) is 0 Å². The third kappa shape index (κ3) is 1.69. The fourth-order valence-corrected chi connectivity index (χ4v) is 5.62. The molecule has 20 heavy (non-hydrogen) atoms. The van der Waals surface area contributed by atoms with Crippen molar-refractivity contribution >= 4 is 5.91 Å². The molecule has 1 aromatic rings. The molecule has 7 nitrogen and oxygen atoms in total. The summed E-state index contributed by atoms with van der Waals surface area (Å²) >= 11 is 0. The molecular formula is C13H20N6O. The third-order valence-electron chi connectivity index (χ3n) is 5.62. The van der Waals surface area contributed by atoms with Crippen LogP contribution in [0.3, 0.4) is 0 Å². The Morgan fingerprint density at radius 1 is 1.35 bits per heavy atom. The SMILES string of the molecule is NNC(=O)CC12C[C@@H]3C[C@@H](C1)CC(n1ncnn1)(C3)C2. The number of aromatic nitrogens is 4. The van der Waals surface area contributed by atoms with Gasteiger partial charge in [0.15, 0.2) is 6.33 Å². The van der Waals surface area contributed by atoms with Gasteiger partial charge in [-0.1, -0.05) is 0 Å². The quantitative estimate of drug-likeness (QED) is 0.471. The summed E-state index contributed by atoms with van der Waals surface area (Å²) in [5.74, 6) is 6.62. The number of hydrazine groups is 1. The number of tetrazole rings is 1. The molecule has 3 N–H and O–H groups in total. The molecule has 1 amide bonds. The summed E-state index contributed by atoms with van der Waals surface area (Å²) in [6.07, 6.45) is 8.88. The second-order valence-corrected chi connectivity index (χ2v) is 7.15. The van der Waals surface area contributed by atoms with Gasteiger partial charge in [0, 0.05) is 6.42 Å². The van der Waals surface area contributed by atoms with E-state index in [2.05, 4.69) is 20.8 Å². The Morgan fingerprint density at radius 2 is 2.10 bits per heavy atom. The maximum Gasteiger partial charge on any atom is 0.234 e. The van der Waals surface area contributed by atoms with Gasteiger partial charge in [0.1, 0.15) is 0 Å². The normalized spacial score (nSPS) is 41.9. The topological polar surface area (TPSA) is 98.7 Å². The van der Waals surface area contributed by atoms with E-state index in [0.29, 0.717) is 18.3 Å². The molecule has 4 fully saturated rings. The van der Waals surface area contributed by atoms with Crippen LogP contribution < -0.4 is 11.3 Å². The van der Waals surface area contributed by atoms with Crippen LogP contribution in [0, 0.1) is 17.3 Å². The standard InChI is InChI=1S/C13H20N6O/c14-17-11(20)6-12-2-9-1-10(3-12)5-13(4-9,7-12)19-16-8-15-18-19/h8-10H,1-7,14H2,(H,17,20)/t9-,10-,12?,13?/m0/s1. The third-order valence-corrected chi connectivity index (χ3v) is 5.62. The predicted octanol–water partition coefficient (Wildman–Crippen LogP) is 0.349. The average molecular weight is 276 g/mol. The van der Waals surface area contributed by atoms with Crippen LogP contribution in [0.15, 0.2) is 6.33 Å². The van der Waals surface area contributed by atoms with Crippen LogP contribution in [-0.4, -0.2) is 26.1 Å². The van der Waals surface area contributed by atoms with Crippen LogP contribution in [0.25, 0.3) is 0 Å². The zero-order valence-corrected chi connectivity index (χ0v) is 11.5. The fraction of sp³-hybridized carbons (Fsp3) is 0.846. The summed E-state index contributed by atoms with van der Waals surface area (Å²) in [5, 5.41) is 12.4. The molecule has 5 rings (SSSR count). The van der Waals surface area contributed by atoms with Crippen LogP contribution >= 0.6 is 0 Å². The van der Waals surface area contributed by atoms with Gasteiger partial charge in [-0.2, -0.15) is 4.80 Å². The van der Waals surface area contributed by atoms with E-state index in [1.807, 2.05) is 4.80 Å². The fourth-order valence-electron chi connectivity index (χ4n) is 5.62. The molecule has 0 spiro atoms. The Balaban J connectivity index is 1.69. The highest BCUT2D eigenvalue weighted by atomic mass is 16.2. The minimum atomic E-state index is -0.0475. The molecule has 0 aliphatic heterocycles. The van der Waals surface area contributed by atoms with Crippen LogP contribution in [-0.2, 0) is 10.3 Å². The molecule has 2 atom stereocenters. The minimum Gasteiger partial charge on any atom is -0.294 e. The highest BCUT2D eigenvalue weighted by Gasteiger charge is 2.59. The van der Waals surface area contributed by atoms with Gasteiger partial charge in [0.25, 0.3) is 0 Å². The van der Waals surface area contributed by atoms with Gasteiger partial charge < -0.3 is 0 Å². The van der Waals surface area contributed by atoms with Crippen molar-refractivity contribution in [1.82, 2.24) is 25.6 Å². The Bertz CT molecular complexity index is 513. The largest absolute Gasteiger partial charge is 0.294 e. The van der Waals surface area contributed by atoms with E-state index in [0.717, 1.165) is 32.1 Å². The van der Waals surface area contributed by atoms with Crippen molar-refractivity contribution in [2.75, 3.05) is 0 Å². The summed E-state index contributed by atoms with van der Waals surface area (Å²) in [6, 6.07) is 0. The van der Waals surface area contributed by atoms with Crippen molar-refractivity contribution in [2.24, 2.45) is 23.1 Å². The summed E-state index contributed by atoms with van der Waals surface area (Å²) in [4.78, 5) is 13.6. The van der Waals surface area contributed by atoms with Crippen LogP contribution in [0.5, 0.6) is 0 Å². The monoisotopic (exact) mass is 276 g/mol. The van der Waals surface area contributed by atoms with Crippen LogP contribution in [0.2, 0.25) is 0 Å². The number of carbonyl (C=O) groups is 1. The maximum atomic E-state index is 11.8. The van der Waals surface area contributed by atoms with Gasteiger partial charge >= 0.3 is 0 Å². The van der Waals surface area contributed by atoms with Crippen molar-refractivity contribution in [2.45, 2.75) is 50.5 Å². The average Bonchev–Trinajstić information content (AvgIpc) is 2.90. The Morgan fingerprint density at radius 3 is 2.70 bits per heavy atom. The maximum absolute atomic E-state index is 11.8. The number of nitrogens with zero attached hydrogens (tertiary/aromatic N) is 4.